The summed E-state index contributed by atoms with van der Waals surface area (Å²) >= 11 is 0. The Morgan fingerprint density at radius 2 is 2.07 bits per heavy atom. The van der Waals surface area contributed by atoms with E-state index in [1.165, 1.54) is 7.05 Å². The number of halogens is 3. The maximum atomic E-state index is 12.1. The van der Waals surface area contributed by atoms with Crippen molar-refractivity contribution in [3.05, 3.63) is 11.6 Å². The fourth-order valence-corrected chi connectivity index (χ4v) is 0.991. The molecule has 80 valence electrons. The number of alkyl halides is 3. The maximum absolute atomic E-state index is 12.1. The second-order valence-electron chi connectivity index (χ2n) is 2.83. The Labute approximate surface area is 79.1 Å². The second-order valence-corrected chi connectivity index (χ2v) is 2.83. The number of aryl methyl sites for hydroxylation is 1. The van der Waals surface area contributed by atoms with E-state index < -0.39 is 12.0 Å². The second kappa shape index (κ2) is 3.95. The van der Waals surface area contributed by atoms with Crippen LogP contribution in [-0.2, 0) is 19.6 Å². The van der Waals surface area contributed by atoms with Crippen molar-refractivity contribution >= 4 is 0 Å². The van der Waals surface area contributed by atoms with Crippen LogP contribution in [-0.4, -0.2) is 28.4 Å². The first-order valence-corrected chi connectivity index (χ1v) is 4.07. The number of rotatable bonds is 3. The van der Waals surface area contributed by atoms with Gasteiger partial charge >= 0.3 is 6.18 Å². The molecular weight excluding hydrogens is 197 g/mol. The van der Waals surface area contributed by atoms with E-state index in [4.69, 9.17) is 0 Å². The Balaban J connectivity index is 2.82. The highest BCUT2D eigenvalue weighted by Crippen LogP contribution is 2.25. The van der Waals surface area contributed by atoms with Crippen LogP contribution >= 0.6 is 0 Å². The number of aromatic nitrogens is 3. The lowest BCUT2D eigenvalue weighted by Crippen LogP contribution is -2.13. The fraction of sp³-hybridized carbons (Fsp3) is 0.714. The summed E-state index contributed by atoms with van der Waals surface area (Å²) < 4.78 is 37.6. The molecular formula is C7H11F3N4. The molecule has 0 fully saturated rings. The Hall–Kier alpha value is -1.11. The van der Waals surface area contributed by atoms with Crippen molar-refractivity contribution in [3.8, 4) is 0 Å². The first-order valence-electron chi connectivity index (χ1n) is 4.07. The van der Waals surface area contributed by atoms with E-state index in [0.29, 0.717) is 18.8 Å². The molecule has 0 radical (unpaired) electrons. The van der Waals surface area contributed by atoms with Crippen LogP contribution in [0.5, 0.6) is 0 Å². The van der Waals surface area contributed by atoms with Crippen LogP contribution in [0.4, 0.5) is 13.2 Å². The van der Waals surface area contributed by atoms with Crippen LogP contribution in [0.2, 0.25) is 0 Å². The number of nitrogens with zero attached hydrogens (tertiary/aromatic N) is 3. The average Bonchev–Trinajstić information content (AvgIpc) is 2.43. The first kappa shape index (κ1) is 11.0. The van der Waals surface area contributed by atoms with Crippen LogP contribution < -0.4 is 5.32 Å². The van der Waals surface area contributed by atoms with E-state index in [1.807, 2.05) is 0 Å². The Morgan fingerprint density at radius 3 is 2.50 bits per heavy atom. The Bertz CT molecular complexity index is 304. The SMILES string of the molecule is CNCCc1nc(C(F)(F)F)nn1C. The van der Waals surface area contributed by atoms with Crippen LogP contribution in [0, 0.1) is 0 Å². The predicted molar refractivity (Wildman–Crippen MR) is 43.6 cm³/mol. The van der Waals surface area contributed by atoms with Gasteiger partial charge in [0, 0.05) is 20.0 Å². The van der Waals surface area contributed by atoms with Gasteiger partial charge in [0.25, 0.3) is 5.82 Å². The van der Waals surface area contributed by atoms with Crippen LogP contribution in [0.25, 0.3) is 0 Å². The number of hydrogen-bond donors (Lipinski definition) is 1. The van der Waals surface area contributed by atoms with Gasteiger partial charge in [-0.05, 0) is 7.05 Å². The minimum atomic E-state index is -4.46. The molecule has 0 amide bonds. The lowest BCUT2D eigenvalue weighted by molar-refractivity contribution is -0.145. The van der Waals surface area contributed by atoms with Gasteiger partial charge in [-0.25, -0.2) is 4.98 Å². The Morgan fingerprint density at radius 1 is 1.43 bits per heavy atom. The number of hydrogen-bond acceptors (Lipinski definition) is 3. The van der Waals surface area contributed by atoms with Crippen LogP contribution in [0.15, 0.2) is 0 Å². The van der Waals surface area contributed by atoms with Crippen molar-refractivity contribution in [1.29, 1.82) is 0 Å². The summed E-state index contributed by atoms with van der Waals surface area (Å²) in [5.74, 6) is -0.752. The van der Waals surface area contributed by atoms with Gasteiger partial charge in [-0.15, -0.1) is 5.10 Å². The molecule has 0 aliphatic heterocycles. The summed E-state index contributed by atoms with van der Waals surface area (Å²) in [6.45, 7) is 0.573. The summed E-state index contributed by atoms with van der Waals surface area (Å²) in [5, 5.41) is 6.12. The highest BCUT2D eigenvalue weighted by molar-refractivity contribution is 4.96. The summed E-state index contributed by atoms with van der Waals surface area (Å²) in [6.07, 6.45) is -4.04. The molecule has 1 N–H and O–H groups in total. The van der Waals surface area contributed by atoms with Gasteiger partial charge in [-0.2, -0.15) is 13.2 Å². The molecule has 1 rings (SSSR count). The van der Waals surface area contributed by atoms with E-state index in [1.54, 1.807) is 7.05 Å². The molecule has 0 aromatic carbocycles. The standard InChI is InChI=1S/C7H11F3N4/c1-11-4-3-5-12-6(7(8,9)10)13-14(5)2/h11H,3-4H2,1-2H3. The summed E-state index contributed by atoms with van der Waals surface area (Å²) in [4.78, 5) is 3.41. The molecule has 14 heavy (non-hydrogen) atoms. The molecule has 0 aliphatic carbocycles. The van der Waals surface area contributed by atoms with Gasteiger partial charge < -0.3 is 5.32 Å². The normalized spacial score (nSPS) is 12.1. The van der Waals surface area contributed by atoms with Crippen LogP contribution in [0.3, 0.4) is 0 Å². The number of likely N-dealkylation sites (N-methyl/N-ethyl adjacent to an activating group) is 1. The molecule has 0 spiro atoms. The van der Waals surface area contributed by atoms with Gasteiger partial charge in [-0.1, -0.05) is 0 Å². The van der Waals surface area contributed by atoms with E-state index >= 15 is 0 Å². The van der Waals surface area contributed by atoms with E-state index in [-0.39, 0.29) is 0 Å². The molecule has 0 aliphatic rings. The minimum Gasteiger partial charge on any atom is -0.319 e. The zero-order chi connectivity index (χ0) is 10.8. The molecule has 0 unspecified atom stereocenters. The van der Waals surface area contributed by atoms with Crippen molar-refractivity contribution < 1.29 is 13.2 Å². The third kappa shape index (κ3) is 2.44. The van der Waals surface area contributed by atoms with Gasteiger partial charge in [0.1, 0.15) is 5.82 Å². The highest BCUT2D eigenvalue weighted by Gasteiger charge is 2.36. The molecule has 4 nitrogen and oxygen atoms in total. The molecule has 1 aromatic heterocycles. The molecule has 7 heteroatoms. The van der Waals surface area contributed by atoms with Gasteiger partial charge in [0.15, 0.2) is 0 Å². The van der Waals surface area contributed by atoms with E-state index in [9.17, 15) is 13.2 Å². The molecule has 1 heterocycles. The Kier molecular flexibility index (Phi) is 3.10. The van der Waals surface area contributed by atoms with Crippen molar-refractivity contribution in [1.82, 2.24) is 20.1 Å². The summed E-state index contributed by atoms with van der Waals surface area (Å²) in [5.41, 5.74) is 0. The lowest BCUT2D eigenvalue weighted by atomic mass is 10.4. The quantitative estimate of drug-likeness (QED) is 0.790. The molecule has 1 aromatic rings. The molecule has 0 saturated heterocycles. The maximum Gasteiger partial charge on any atom is 0.453 e. The zero-order valence-corrected chi connectivity index (χ0v) is 7.89. The largest absolute Gasteiger partial charge is 0.453 e. The van der Waals surface area contributed by atoms with Crippen molar-refractivity contribution in [3.63, 3.8) is 0 Å². The van der Waals surface area contributed by atoms with Crippen molar-refractivity contribution in [2.45, 2.75) is 12.6 Å². The summed E-state index contributed by atoms with van der Waals surface area (Å²) in [7, 11) is 3.17. The monoisotopic (exact) mass is 208 g/mol. The van der Waals surface area contributed by atoms with Gasteiger partial charge in [0.2, 0.25) is 0 Å². The van der Waals surface area contributed by atoms with E-state index in [0.717, 1.165) is 4.68 Å². The zero-order valence-electron chi connectivity index (χ0n) is 7.89. The molecule has 0 saturated carbocycles. The van der Waals surface area contributed by atoms with Gasteiger partial charge in [0.05, 0.1) is 0 Å². The van der Waals surface area contributed by atoms with Crippen LogP contribution in [0.1, 0.15) is 11.6 Å². The summed E-state index contributed by atoms with van der Waals surface area (Å²) in [6, 6.07) is 0. The van der Waals surface area contributed by atoms with Crippen molar-refractivity contribution in [2.24, 2.45) is 7.05 Å². The number of nitrogens with one attached hydrogen (secondary N) is 1. The molecule has 0 atom stereocenters. The smallest absolute Gasteiger partial charge is 0.319 e. The lowest BCUT2D eigenvalue weighted by Gasteiger charge is -1.97. The fourth-order valence-electron chi connectivity index (χ4n) is 0.991. The highest BCUT2D eigenvalue weighted by atomic mass is 19.4. The topological polar surface area (TPSA) is 42.7 Å². The first-order chi connectivity index (χ1) is 6.45. The predicted octanol–water partition coefficient (Wildman–Crippen LogP) is 0.596. The molecule has 0 bridgehead atoms. The van der Waals surface area contributed by atoms with Crippen molar-refractivity contribution in [2.75, 3.05) is 13.6 Å². The third-order valence-electron chi connectivity index (χ3n) is 1.71. The minimum absolute atomic E-state index is 0.326. The van der Waals surface area contributed by atoms with Gasteiger partial charge in [-0.3, -0.25) is 4.68 Å². The third-order valence-corrected chi connectivity index (χ3v) is 1.71. The van der Waals surface area contributed by atoms with E-state index in [2.05, 4.69) is 15.4 Å². The average molecular weight is 208 g/mol.